The number of ether oxygens (including phenoxy) is 2. The lowest BCUT2D eigenvalue weighted by Gasteiger charge is -2.18. The maximum absolute atomic E-state index is 11.1. The molecular weight excluding hydrogens is 232 g/mol. The Morgan fingerprint density at radius 1 is 1.28 bits per heavy atom. The number of carbonyl (C=O) groups is 1. The third-order valence-corrected chi connectivity index (χ3v) is 2.76. The Morgan fingerprint density at radius 2 is 1.94 bits per heavy atom. The second-order valence-corrected chi connectivity index (χ2v) is 4.46. The monoisotopic (exact) mass is 248 g/mol. The van der Waals surface area contributed by atoms with Crippen LogP contribution in [0.4, 0.5) is 0 Å². The van der Waals surface area contributed by atoms with Crippen molar-refractivity contribution in [3.05, 3.63) is 29.3 Å². The summed E-state index contributed by atoms with van der Waals surface area (Å²) in [5.74, 6) is 0.457. The van der Waals surface area contributed by atoms with Crippen LogP contribution in [0.15, 0.2) is 23.8 Å². The number of benzene rings is 1. The van der Waals surface area contributed by atoms with Crippen LogP contribution in [0.2, 0.25) is 0 Å². The molecule has 0 saturated heterocycles. The zero-order valence-electron chi connectivity index (χ0n) is 10.5. The molecule has 4 heteroatoms. The molecule has 1 aromatic carbocycles. The number of carboxylic acid groups (broad SMARTS) is 1. The molecule has 0 aliphatic carbocycles. The molecule has 1 N–H and O–H groups in total. The van der Waals surface area contributed by atoms with Crippen LogP contribution < -0.4 is 9.47 Å². The SMILES string of the molecule is CC(C)/C(=C\c1ccc2c(c1)OCCO2)C(=O)O. The zero-order valence-corrected chi connectivity index (χ0v) is 10.5. The van der Waals surface area contributed by atoms with Crippen LogP contribution in [-0.2, 0) is 4.79 Å². The first kappa shape index (κ1) is 12.5. The number of rotatable bonds is 3. The highest BCUT2D eigenvalue weighted by molar-refractivity contribution is 5.92. The van der Waals surface area contributed by atoms with Crippen molar-refractivity contribution in [3.63, 3.8) is 0 Å². The van der Waals surface area contributed by atoms with Crippen LogP contribution in [0.1, 0.15) is 19.4 Å². The molecule has 1 aliphatic heterocycles. The maximum atomic E-state index is 11.1. The van der Waals surface area contributed by atoms with Crippen molar-refractivity contribution in [3.8, 4) is 11.5 Å². The molecule has 2 rings (SSSR count). The van der Waals surface area contributed by atoms with Crippen molar-refractivity contribution in [1.29, 1.82) is 0 Å². The molecule has 0 amide bonds. The number of aliphatic carboxylic acids is 1. The van der Waals surface area contributed by atoms with E-state index >= 15 is 0 Å². The normalized spacial score (nSPS) is 14.7. The van der Waals surface area contributed by atoms with Gasteiger partial charge in [0.2, 0.25) is 0 Å². The quantitative estimate of drug-likeness (QED) is 0.835. The Kier molecular flexibility index (Phi) is 3.55. The summed E-state index contributed by atoms with van der Waals surface area (Å²) < 4.78 is 10.9. The predicted molar refractivity (Wildman–Crippen MR) is 67.9 cm³/mol. The Morgan fingerprint density at radius 3 is 2.56 bits per heavy atom. The van der Waals surface area contributed by atoms with Gasteiger partial charge in [-0.05, 0) is 29.7 Å². The number of hydrogen-bond donors (Lipinski definition) is 1. The summed E-state index contributed by atoms with van der Waals surface area (Å²) in [5, 5.41) is 9.12. The Balaban J connectivity index is 2.33. The van der Waals surface area contributed by atoms with Gasteiger partial charge in [0.05, 0.1) is 0 Å². The Labute approximate surface area is 106 Å². The summed E-state index contributed by atoms with van der Waals surface area (Å²) in [6.07, 6.45) is 1.67. The van der Waals surface area contributed by atoms with E-state index in [0.29, 0.717) is 30.3 Å². The maximum Gasteiger partial charge on any atom is 0.331 e. The lowest BCUT2D eigenvalue weighted by Crippen LogP contribution is -2.15. The van der Waals surface area contributed by atoms with Gasteiger partial charge in [-0.25, -0.2) is 4.79 Å². The van der Waals surface area contributed by atoms with Crippen LogP contribution in [0.5, 0.6) is 11.5 Å². The van der Waals surface area contributed by atoms with Crippen molar-refractivity contribution >= 4 is 12.0 Å². The van der Waals surface area contributed by atoms with E-state index in [0.717, 1.165) is 5.56 Å². The van der Waals surface area contributed by atoms with Gasteiger partial charge in [0.1, 0.15) is 13.2 Å². The van der Waals surface area contributed by atoms with Gasteiger partial charge >= 0.3 is 5.97 Å². The van der Waals surface area contributed by atoms with Gasteiger partial charge < -0.3 is 14.6 Å². The molecule has 0 spiro atoms. The summed E-state index contributed by atoms with van der Waals surface area (Å²) in [4.78, 5) is 11.1. The number of carboxylic acids is 1. The summed E-state index contributed by atoms with van der Waals surface area (Å²) in [7, 11) is 0. The molecule has 0 saturated carbocycles. The molecule has 1 aromatic rings. The average molecular weight is 248 g/mol. The van der Waals surface area contributed by atoms with E-state index < -0.39 is 5.97 Å². The van der Waals surface area contributed by atoms with E-state index in [2.05, 4.69) is 0 Å². The van der Waals surface area contributed by atoms with Gasteiger partial charge in [0.15, 0.2) is 11.5 Å². The molecule has 4 nitrogen and oxygen atoms in total. The first-order valence-electron chi connectivity index (χ1n) is 5.92. The van der Waals surface area contributed by atoms with E-state index in [1.54, 1.807) is 18.2 Å². The predicted octanol–water partition coefficient (Wildman–Crippen LogP) is 2.58. The van der Waals surface area contributed by atoms with Crippen molar-refractivity contribution in [2.24, 2.45) is 5.92 Å². The van der Waals surface area contributed by atoms with E-state index in [1.807, 2.05) is 19.9 Å². The smallest absolute Gasteiger partial charge is 0.331 e. The van der Waals surface area contributed by atoms with E-state index in [1.165, 1.54) is 0 Å². The van der Waals surface area contributed by atoms with Crippen LogP contribution in [-0.4, -0.2) is 24.3 Å². The van der Waals surface area contributed by atoms with E-state index in [9.17, 15) is 4.79 Å². The van der Waals surface area contributed by atoms with Gasteiger partial charge in [-0.3, -0.25) is 0 Å². The average Bonchev–Trinajstić information content (AvgIpc) is 2.35. The minimum atomic E-state index is -0.889. The fourth-order valence-electron chi connectivity index (χ4n) is 1.80. The summed E-state index contributed by atoms with van der Waals surface area (Å²) in [5.41, 5.74) is 1.19. The van der Waals surface area contributed by atoms with Gasteiger partial charge in [-0.1, -0.05) is 19.9 Å². The molecule has 0 atom stereocenters. The van der Waals surface area contributed by atoms with E-state index in [4.69, 9.17) is 14.6 Å². The molecule has 0 aromatic heterocycles. The lowest BCUT2D eigenvalue weighted by atomic mass is 10.0. The minimum absolute atomic E-state index is 0.0318. The molecule has 96 valence electrons. The van der Waals surface area contributed by atoms with Crippen molar-refractivity contribution < 1.29 is 19.4 Å². The first-order chi connectivity index (χ1) is 8.58. The van der Waals surface area contributed by atoms with Gasteiger partial charge in [0.25, 0.3) is 0 Å². The summed E-state index contributed by atoms with van der Waals surface area (Å²) in [6.45, 7) is 4.79. The molecule has 1 heterocycles. The number of fused-ring (bicyclic) bond motifs is 1. The second-order valence-electron chi connectivity index (χ2n) is 4.46. The highest BCUT2D eigenvalue weighted by Gasteiger charge is 2.14. The topological polar surface area (TPSA) is 55.8 Å². The second kappa shape index (κ2) is 5.12. The molecule has 1 aliphatic rings. The Bertz CT molecular complexity index is 489. The third-order valence-electron chi connectivity index (χ3n) is 2.76. The molecule has 0 fully saturated rings. The van der Waals surface area contributed by atoms with Gasteiger partial charge in [0, 0.05) is 5.57 Å². The van der Waals surface area contributed by atoms with Crippen LogP contribution in [0.3, 0.4) is 0 Å². The van der Waals surface area contributed by atoms with Crippen molar-refractivity contribution in [2.45, 2.75) is 13.8 Å². The van der Waals surface area contributed by atoms with E-state index in [-0.39, 0.29) is 5.92 Å². The first-order valence-corrected chi connectivity index (χ1v) is 5.92. The van der Waals surface area contributed by atoms with Crippen molar-refractivity contribution in [1.82, 2.24) is 0 Å². The van der Waals surface area contributed by atoms with Gasteiger partial charge in [-0.15, -0.1) is 0 Å². The lowest BCUT2D eigenvalue weighted by molar-refractivity contribution is -0.133. The van der Waals surface area contributed by atoms with Gasteiger partial charge in [-0.2, -0.15) is 0 Å². The largest absolute Gasteiger partial charge is 0.486 e. The third kappa shape index (κ3) is 2.64. The summed E-state index contributed by atoms with van der Waals surface area (Å²) in [6, 6.07) is 5.44. The molecule has 18 heavy (non-hydrogen) atoms. The standard InChI is InChI=1S/C14H16O4/c1-9(2)11(14(15)16)7-10-3-4-12-13(8-10)18-6-5-17-12/h3-4,7-9H,5-6H2,1-2H3,(H,15,16)/b11-7+. The van der Waals surface area contributed by atoms with Crippen LogP contribution in [0, 0.1) is 5.92 Å². The Hall–Kier alpha value is -1.97. The summed E-state index contributed by atoms with van der Waals surface area (Å²) >= 11 is 0. The molecular formula is C14H16O4. The number of hydrogen-bond acceptors (Lipinski definition) is 3. The fraction of sp³-hybridized carbons (Fsp3) is 0.357. The fourth-order valence-corrected chi connectivity index (χ4v) is 1.80. The van der Waals surface area contributed by atoms with Crippen LogP contribution >= 0.6 is 0 Å². The van der Waals surface area contributed by atoms with Crippen LogP contribution in [0.25, 0.3) is 6.08 Å². The molecule has 0 bridgehead atoms. The zero-order chi connectivity index (χ0) is 13.1. The highest BCUT2D eigenvalue weighted by Crippen LogP contribution is 2.31. The minimum Gasteiger partial charge on any atom is -0.486 e. The molecule has 0 radical (unpaired) electrons. The van der Waals surface area contributed by atoms with Crippen molar-refractivity contribution in [2.75, 3.05) is 13.2 Å². The highest BCUT2D eigenvalue weighted by atomic mass is 16.6. The molecule has 0 unspecified atom stereocenters.